The van der Waals surface area contributed by atoms with Crippen LogP contribution >= 0.6 is 11.8 Å². The summed E-state index contributed by atoms with van der Waals surface area (Å²) in [5, 5.41) is 0. The topological polar surface area (TPSA) is 15.6 Å². The smallest absolute Gasteiger partial charge is 0.0631 e. The Bertz CT molecular complexity index is 862. The lowest BCUT2D eigenvalue weighted by molar-refractivity contribution is 0.866. The first-order valence-electron chi connectivity index (χ1n) is 9.41. The first kappa shape index (κ1) is 19.2. The number of hydrogen-bond donors (Lipinski definition) is 0. The molecule has 0 aliphatic carbocycles. The van der Waals surface area contributed by atoms with Gasteiger partial charge in [0.25, 0.3) is 0 Å². The number of benzene rings is 3. The van der Waals surface area contributed by atoms with E-state index in [9.17, 15) is 0 Å². The molecule has 0 amide bonds. The molecule has 3 rings (SSSR count). The first-order chi connectivity index (χ1) is 13.2. The Kier molecular flexibility index (Phi) is 6.72. The van der Waals surface area contributed by atoms with Crippen LogP contribution in [0.25, 0.3) is 0 Å². The Morgan fingerprint density at radius 2 is 1.33 bits per heavy atom. The van der Waals surface area contributed by atoms with E-state index in [2.05, 4.69) is 103 Å². The molecule has 0 heterocycles. The molecule has 0 aliphatic rings. The number of aryl methyl sites for hydroxylation is 1. The van der Waals surface area contributed by atoms with Gasteiger partial charge in [0.05, 0.1) is 5.69 Å². The maximum Gasteiger partial charge on any atom is 0.0631 e. The molecule has 138 valence electrons. The summed E-state index contributed by atoms with van der Waals surface area (Å²) < 4.78 is 0. The molecule has 0 N–H and O–H groups in total. The summed E-state index contributed by atoms with van der Waals surface area (Å²) in [6.07, 6.45) is 1.92. The zero-order valence-electron chi connectivity index (χ0n) is 16.2. The van der Waals surface area contributed by atoms with Crippen LogP contribution < -0.4 is 4.90 Å². The van der Waals surface area contributed by atoms with Crippen molar-refractivity contribution in [3.05, 3.63) is 83.9 Å². The van der Waals surface area contributed by atoms with Gasteiger partial charge in [-0.05, 0) is 74.9 Å². The van der Waals surface area contributed by atoms with E-state index < -0.39 is 0 Å². The molecule has 27 heavy (non-hydrogen) atoms. The van der Waals surface area contributed by atoms with Gasteiger partial charge in [-0.25, -0.2) is 0 Å². The van der Waals surface area contributed by atoms with E-state index in [4.69, 9.17) is 0 Å². The van der Waals surface area contributed by atoms with Crippen molar-refractivity contribution in [3.8, 4) is 0 Å². The lowest BCUT2D eigenvalue weighted by atomic mass is 10.2. The second kappa shape index (κ2) is 9.43. The molecule has 3 aromatic carbocycles. The van der Waals surface area contributed by atoms with Gasteiger partial charge < -0.3 is 4.90 Å². The molecule has 0 aliphatic heterocycles. The minimum Gasteiger partial charge on any atom is -0.372 e. The van der Waals surface area contributed by atoms with Crippen molar-refractivity contribution >= 4 is 29.4 Å². The molecule has 0 atom stereocenters. The molecule has 0 spiro atoms. The number of anilines is 1. The van der Waals surface area contributed by atoms with Gasteiger partial charge in [-0.3, -0.25) is 4.99 Å². The minimum absolute atomic E-state index is 0.976. The van der Waals surface area contributed by atoms with Crippen molar-refractivity contribution in [1.82, 2.24) is 0 Å². The van der Waals surface area contributed by atoms with E-state index in [0.717, 1.165) is 24.3 Å². The highest BCUT2D eigenvalue weighted by molar-refractivity contribution is 7.99. The number of aliphatic imine (C=N–C) groups is 1. The van der Waals surface area contributed by atoms with E-state index in [1.807, 2.05) is 6.21 Å². The van der Waals surface area contributed by atoms with Crippen LogP contribution in [-0.2, 0) is 0 Å². The summed E-state index contributed by atoms with van der Waals surface area (Å²) in [6, 6.07) is 25.6. The molecule has 3 aromatic rings. The molecule has 2 nitrogen and oxygen atoms in total. The predicted octanol–water partition coefficient (Wildman–Crippen LogP) is 6.74. The normalized spacial score (nSPS) is 11.1. The molecular weight excluding hydrogens is 348 g/mol. The highest BCUT2D eigenvalue weighted by atomic mass is 32.2. The third kappa shape index (κ3) is 5.48. The fourth-order valence-electron chi connectivity index (χ4n) is 2.85. The van der Waals surface area contributed by atoms with Crippen molar-refractivity contribution in [2.75, 3.05) is 18.0 Å². The summed E-state index contributed by atoms with van der Waals surface area (Å²) in [5.41, 5.74) is 4.62. The van der Waals surface area contributed by atoms with Crippen molar-refractivity contribution in [1.29, 1.82) is 0 Å². The van der Waals surface area contributed by atoms with E-state index in [0.29, 0.717) is 0 Å². The van der Waals surface area contributed by atoms with Crippen LogP contribution in [0.4, 0.5) is 11.4 Å². The zero-order chi connectivity index (χ0) is 19.1. The number of nitrogens with zero attached hydrogens (tertiary/aromatic N) is 2. The van der Waals surface area contributed by atoms with Crippen LogP contribution in [-0.4, -0.2) is 19.3 Å². The number of hydrogen-bond acceptors (Lipinski definition) is 3. The molecule has 0 unspecified atom stereocenters. The molecule has 0 bridgehead atoms. The average molecular weight is 375 g/mol. The summed E-state index contributed by atoms with van der Waals surface area (Å²) in [5.74, 6) is 0. The van der Waals surface area contributed by atoms with Gasteiger partial charge in [-0.1, -0.05) is 41.6 Å². The molecule has 0 aromatic heterocycles. The molecule has 0 radical (unpaired) electrons. The second-order valence-electron chi connectivity index (χ2n) is 6.43. The van der Waals surface area contributed by atoms with Crippen molar-refractivity contribution in [2.45, 2.75) is 30.6 Å². The summed E-state index contributed by atoms with van der Waals surface area (Å²) >= 11 is 1.78. The molecule has 0 saturated carbocycles. The van der Waals surface area contributed by atoms with Gasteiger partial charge in [-0.2, -0.15) is 0 Å². The maximum absolute atomic E-state index is 4.60. The molecule has 0 saturated heterocycles. The third-order valence-corrected chi connectivity index (χ3v) is 5.49. The fraction of sp³-hybridized carbons (Fsp3) is 0.208. The van der Waals surface area contributed by atoms with Gasteiger partial charge in [0, 0.05) is 34.8 Å². The minimum atomic E-state index is 0.976. The van der Waals surface area contributed by atoms with Crippen molar-refractivity contribution in [2.24, 2.45) is 4.99 Å². The van der Waals surface area contributed by atoms with Crippen LogP contribution in [0.2, 0.25) is 0 Å². The van der Waals surface area contributed by atoms with Crippen molar-refractivity contribution in [3.63, 3.8) is 0 Å². The summed E-state index contributed by atoms with van der Waals surface area (Å²) in [7, 11) is 0. The standard InChI is InChI=1S/C24H26N2S/c1-4-26(5-2)22-12-10-21(11-13-22)25-18-20-8-16-24(17-9-20)27-23-14-6-19(3)7-15-23/h6-18H,4-5H2,1-3H3. The van der Waals surface area contributed by atoms with Crippen LogP contribution in [0.15, 0.2) is 87.6 Å². The average Bonchev–Trinajstić information content (AvgIpc) is 2.71. The Morgan fingerprint density at radius 3 is 1.89 bits per heavy atom. The van der Waals surface area contributed by atoms with E-state index in [1.54, 1.807) is 11.8 Å². The zero-order valence-corrected chi connectivity index (χ0v) is 17.0. The van der Waals surface area contributed by atoms with Crippen LogP contribution in [0, 0.1) is 6.92 Å². The second-order valence-corrected chi connectivity index (χ2v) is 7.58. The fourth-order valence-corrected chi connectivity index (χ4v) is 3.67. The maximum atomic E-state index is 4.60. The Labute approximate surface area is 167 Å². The molecule has 3 heteroatoms. The van der Waals surface area contributed by atoms with Gasteiger partial charge in [0.2, 0.25) is 0 Å². The Morgan fingerprint density at radius 1 is 0.778 bits per heavy atom. The quantitative estimate of drug-likeness (QED) is 0.425. The predicted molar refractivity (Wildman–Crippen MR) is 119 cm³/mol. The lowest BCUT2D eigenvalue weighted by Gasteiger charge is -2.20. The molecule has 0 fully saturated rings. The Balaban J connectivity index is 1.62. The number of rotatable bonds is 7. The lowest BCUT2D eigenvalue weighted by Crippen LogP contribution is -2.21. The van der Waals surface area contributed by atoms with Crippen molar-refractivity contribution < 1.29 is 0 Å². The van der Waals surface area contributed by atoms with Crippen LogP contribution in [0.3, 0.4) is 0 Å². The van der Waals surface area contributed by atoms with Gasteiger partial charge in [0.15, 0.2) is 0 Å². The highest BCUT2D eigenvalue weighted by Gasteiger charge is 2.01. The summed E-state index contributed by atoms with van der Waals surface area (Å²) in [4.78, 5) is 9.43. The van der Waals surface area contributed by atoms with E-state index in [1.165, 1.54) is 21.0 Å². The van der Waals surface area contributed by atoms with Gasteiger partial charge >= 0.3 is 0 Å². The summed E-state index contributed by atoms with van der Waals surface area (Å²) in [6.45, 7) is 8.50. The van der Waals surface area contributed by atoms with Crippen LogP contribution in [0.5, 0.6) is 0 Å². The highest BCUT2D eigenvalue weighted by Crippen LogP contribution is 2.28. The monoisotopic (exact) mass is 374 g/mol. The third-order valence-electron chi connectivity index (χ3n) is 4.48. The largest absolute Gasteiger partial charge is 0.372 e. The Hall–Kier alpha value is -2.52. The SMILES string of the molecule is CCN(CC)c1ccc(N=Cc2ccc(Sc3ccc(C)cc3)cc2)cc1. The molecular formula is C24H26N2S. The van der Waals surface area contributed by atoms with E-state index >= 15 is 0 Å². The van der Waals surface area contributed by atoms with Gasteiger partial charge in [-0.15, -0.1) is 0 Å². The van der Waals surface area contributed by atoms with E-state index in [-0.39, 0.29) is 0 Å². The van der Waals surface area contributed by atoms with Crippen LogP contribution in [0.1, 0.15) is 25.0 Å². The van der Waals surface area contributed by atoms with Gasteiger partial charge in [0.1, 0.15) is 0 Å². The first-order valence-corrected chi connectivity index (χ1v) is 10.2.